The summed E-state index contributed by atoms with van der Waals surface area (Å²) in [5.74, 6) is -1.06. The third-order valence-corrected chi connectivity index (χ3v) is 6.07. The first-order valence-electron chi connectivity index (χ1n) is 9.86. The number of nitrogens with zero attached hydrogens (tertiary/aromatic N) is 2. The molecule has 2 amide bonds. The lowest BCUT2D eigenvalue weighted by molar-refractivity contribution is -0.150. The molecule has 1 atom stereocenters. The van der Waals surface area contributed by atoms with Gasteiger partial charge < -0.3 is 9.30 Å². The Kier molecular flexibility index (Phi) is 6.22. The first-order valence-corrected chi connectivity index (χ1v) is 10.7. The van der Waals surface area contributed by atoms with E-state index in [1.807, 2.05) is 19.9 Å². The van der Waals surface area contributed by atoms with Crippen molar-refractivity contribution in [1.29, 1.82) is 0 Å². The normalized spacial score (nSPS) is 16.5. The van der Waals surface area contributed by atoms with Gasteiger partial charge in [-0.15, -0.1) is 0 Å². The Morgan fingerprint density at radius 2 is 1.87 bits per heavy atom. The van der Waals surface area contributed by atoms with Gasteiger partial charge in [-0.2, -0.15) is 0 Å². The molecule has 0 unspecified atom stereocenters. The molecular formula is C23H26N2O4S. The zero-order chi connectivity index (χ0) is 22.2. The van der Waals surface area contributed by atoms with Crippen LogP contribution in [0.5, 0.6) is 0 Å². The number of imide groups is 1. The summed E-state index contributed by atoms with van der Waals surface area (Å²) in [5, 5.41) is -0.463. The van der Waals surface area contributed by atoms with Crippen LogP contribution in [0.2, 0.25) is 0 Å². The SMILES string of the molecule is CCOC(=O)[C@@H](C)N1C(=O)S/C(=C/c2cc(C)n(-c3ccc(C)cc3C)c2C)C1=O. The molecule has 1 fully saturated rings. The quantitative estimate of drug-likeness (QED) is 0.512. The van der Waals surface area contributed by atoms with Crippen molar-refractivity contribution < 1.29 is 19.1 Å². The lowest BCUT2D eigenvalue weighted by Crippen LogP contribution is -2.42. The molecule has 0 N–H and O–H groups in total. The molecule has 3 rings (SSSR count). The fraction of sp³-hybridized carbons (Fsp3) is 0.348. The maximum absolute atomic E-state index is 12.8. The molecule has 7 heteroatoms. The fourth-order valence-corrected chi connectivity index (χ4v) is 4.58. The van der Waals surface area contributed by atoms with Crippen LogP contribution in [0.15, 0.2) is 29.2 Å². The Bertz CT molecular complexity index is 1070. The largest absolute Gasteiger partial charge is 0.464 e. The summed E-state index contributed by atoms with van der Waals surface area (Å²) < 4.78 is 7.10. The van der Waals surface area contributed by atoms with E-state index < -0.39 is 23.2 Å². The number of aromatic nitrogens is 1. The molecule has 1 aromatic heterocycles. The monoisotopic (exact) mass is 426 g/mol. The number of ether oxygens (including phenoxy) is 1. The van der Waals surface area contributed by atoms with Crippen LogP contribution in [0.3, 0.4) is 0 Å². The number of benzene rings is 1. The Morgan fingerprint density at radius 1 is 1.17 bits per heavy atom. The van der Waals surface area contributed by atoms with Crippen molar-refractivity contribution >= 4 is 35.0 Å². The van der Waals surface area contributed by atoms with E-state index in [1.54, 1.807) is 13.0 Å². The predicted octanol–water partition coefficient (Wildman–Crippen LogP) is 4.70. The summed E-state index contributed by atoms with van der Waals surface area (Å²) in [6.45, 7) is 11.5. The number of rotatable bonds is 5. The molecule has 0 bridgehead atoms. The fourth-order valence-electron chi connectivity index (χ4n) is 3.68. The zero-order valence-electron chi connectivity index (χ0n) is 18.1. The van der Waals surface area contributed by atoms with Crippen molar-refractivity contribution in [2.75, 3.05) is 6.61 Å². The molecule has 0 radical (unpaired) electrons. The van der Waals surface area contributed by atoms with Crippen molar-refractivity contribution in [2.24, 2.45) is 0 Å². The molecule has 30 heavy (non-hydrogen) atoms. The second-order valence-corrected chi connectivity index (χ2v) is 8.42. The number of amides is 2. The summed E-state index contributed by atoms with van der Waals surface area (Å²) in [6, 6.07) is 7.34. The average Bonchev–Trinajstić information content (AvgIpc) is 3.10. The Labute approximate surface area is 180 Å². The highest BCUT2D eigenvalue weighted by Crippen LogP contribution is 2.35. The van der Waals surface area contributed by atoms with Crippen molar-refractivity contribution in [3.8, 4) is 5.69 Å². The maximum Gasteiger partial charge on any atom is 0.329 e. The van der Waals surface area contributed by atoms with Crippen LogP contribution in [0.1, 0.15) is 41.9 Å². The molecule has 2 aromatic rings. The molecule has 1 aliphatic heterocycles. The van der Waals surface area contributed by atoms with Gasteiger partial charge in [0.25, 0.3) is 11.1 Å². The van der Waals surface area contributed by atoms with Gasteiger partial charge in [-0.3, -0.25) is 14.5 Å². The molecular weight excluding hydrogens is 400 g/mol. The number of carbonyl (C=O) groups is 3. The molecule has 2 heterocycles. The number of esters is 1. The molecule has 0 spiro atoms. The van der Waals surface area contributed by atoms with Gasteiger partial charge in [0.2, 0.25) is 0 Å². The summed E-state index contributed by atoms with van der Waals surface area (Å²) in [5.41, 5.74) is 6.31. The molecule has 1 aromatic carbocycles. The maximum atomic E-state index is 12.8. The average molecular weight is 427 g/mol. The molecule has 1 saturated heterocycles. The van der Waals surface area contributed by atoms with E-state index in [2.05, 4.69) is 36.6 Å². The first kappa shape index (κ1) is 21.9. The summed E-state index contributed by atoms with van der Waals surface area (Å²) in [4.78, 5) is 38.5. The van der Waals surface area contributed by atoms with E-state index in [0.717, 1.165) is 44.9 Å². The highest BCUT2D eigenvalue weighted by molar-refractivity contribution is 8.18. The highest BCUT2D eigenvalue weighted by atomic mass is 32.2. The molecule has 0 aliphatic carbocycles. The number of aryl methyl sites for hydroxylation is 3. The Balaban J connectivity index is 1.96. The zero-order valence-corrected chi connectivity index (χ0v) is 18.9. The van der Waals surface area contributed by atoms with Crippen molar-refractivity contribution in [2.45, 2.75) is 47.6 Å². The molecule has 6 nitrogen and oxygen atoms in total. The summed E-state index contributed by atoms with van der Waals surface area (Å²) in [6.07, 6.45) is 1.73. The second-order valence-electron chi connectivity index (χ2n) is 7.43. The smallest absolute Gasteiger partial charge is 0.329 e. The van der Waals surface area contributed by atoms with Gasteiger partial charge in [0, 0.05) is 17.1 Å². The van der Waals surface area contributed by atoms with Gasteiger partial charge in [-0.1, -0.05) is 17.7 Å². The molecule has 0 saturated carbocycles. The van der Waals surface area contributed by atoms with Crippen molar-refractivity contribution in [3.63, 3.8) is 0 Å². The third-order valence-electron chi connectivity index (χ3n) is 5.19. The lowest BCUT2D eigenvalue weighted by Gasteiger charge is -2.19. The molecule has 1 aliphatic rings. The minimum atomic E-state index is -0.953. The Morgan fingerprint density at radius 3 is 2.50 bits per heavy atom. The standard InChI is InChI=1S/C23H26N2O4S/c1-7-29-22(27)17(6)25-21(26)20(30-23(25)28)12-18-11-15(4)24(16(18)5)19-9-8-13(2)10-14(19)3/h8-12,17H,7H2,1-6H3/b20-12+/t17-/m1/s1. The van der Waals surface area contributed by atoms with Gasteiger partial charge in [0.1, 0.15) is 6.04 Å². The van der Waals surface area contributed by atoms with E-state index in [-0.39, 0.29) is 6.61 Å². The van der Waals surface area contributed by atoms with E-state index in [9.17, 15) is 14.4 Å². The number of carbonyl (C=O) groups excluding carboxylic acids is 3. The van der Waals surface area contributed by atoms with Crippen LogP contribution in [0.25, 0.3) is 11.8 Å². The summed E-state index contributed by atoms with van der Waals surface area (Å²) >= 11 is 0.847. The predicted molar refractivity (Wildman–Crippen MR) is 119 cm³/mol. The van der Waals surface area contributed by atoms with Crippen LogP contribution in [-0.2, 0) is 14.3 Å². The van der Waals surface area contributed by atoms with Crippen LogP contribution in [0, 0.1) is 27.7 Å². The number of hydrogen-bond acceptors (Lipinski definition) is 5. The van der Waals surface area contributed by atoms with E-state index >= 15 is 0 Å². The minimum Gasteiger partial charge on any atom is -0.464 e. The van der Waals surface area contributed by atoms with Crippen LogP contribution >= 0.6 is 11.8 Å². The molecule has 158 valence electrons. The summed E-state index contributed by atoms with van der Waals surface area (Å²) in [7, 11) is 0. The number of thioether (sulfide) groups is 1. The van der Waals surface area contributed by atoms with Crippen LogP contribution in [-0.4, -0.2) is 39.2 Å². The van der Waals surface area contributed by atoms with Crippen LogP contribution < -0.4 is 0 Å². The van der Waals surface area contributed by atoms with Gasteiger partial charge in [0.15, 0.2) is 0 Å². The van der Waals surface area contributed by atoms with Crippen molar-refractivity contribution in [1.82, 2.24) is 9.47 Å². The van der Waals surface area contributed by atoms with Crippen molar-refractivity contribution in [3.05, 3.63) is 57.2 Å². The third kappa shape index (κ3) is 3.94. The minimum absolute atomic E-state index is 0.194. The Hall–Kier alpha value is -2.80. The van der Waals surface area contributed by atoms with Gasteiger partial charge >= 0.3 is 5.97 Å². The van der Waals surface area contributed by atoms with E-state index in [0.29, 0.717) is 4.91 Å². The van der Waals surface area contributed by atoms with Gasteiger partial charge in [-0.05, 0) is 82.6 Å². The highest BCUT2D eigenvalue weighted by Gasteiger charge is 2.41. The first-order chi connectivity index (χ1) is 14.1. The second kappa shape index (κ2) is 8.52. The lowest BCUT2D eigenvalue weighted by atomic mass is 10.1. The number of hydrogen-bond donors (Lipinski definition) is 0. The van der Waals surface area contributed by atoms with Crippen LogP contribution in [0.4, 0.5) is 4.79 Å². The van der Waals surface area contributed by atoms with Gasteiger partial charge in [0.05, 0.1) is 11.5 Å². The van der Waals surface area contributed by atoms with E-state index in [1.165, 1.54) is 12.5 Å². The topological polar surface area (TPSA) is 68.6 Å². The van der Waals surface area contributed by atoms with E-state index in [4.69, 9.17) is 4.74 Å². The van der Waals surface area contributed by atoms with Gasteiger partial charge in [-0.25, -0.2) is 4.79 Å².